The summed E-state index contributed by atoms with van der Waals surface area (Å²) in [5.41, 5.74) is 5.33. The normalized spacial score (nSPS) is 20.6. The summed E-state index contributed by atoms with van der Waals surface area (Å²) in [4.78, 5) is 32.4. The van der Waals surface area contributed by atoms with E-state index in [-0.39, 0.29) is 17.9 Å². The Bertz CT molecular complexity index is 1260. The molecule has 8 heteroatoms. The molecule has 0 N–H and O–H groups in total. The number of hydrogen-bond acceptors (Lipinski definition) is 7. The van der Waals surface area contributed by atoms with Crippen LogP contribution in [0.2, 0.25) is 0 Å². The third kappa shape index (κ3) is 4.95. The molecule has 2 aliphatic heterocycles. The van der Waals surface area contributed by atoms with Crippen LogP contribution in [0.25, 0.3) is 22.5 Å². The highest BCUT2D eigenvalue weighted by Crippen LogP contribution is 2.42. The third-order valence-corrected chi connectivity index (χ3v) is 8.03. The number of nitrogens with zero attached hydrogens (tertiary/aromatic N) is 4. The minimum atomic E-state index is -0.243. The number of morpholine rings is 1. The number of nitroso groups, excluding NO2 is 1. The van der Waals surface area contributed by atoms with Crippen LogP contribution in [0.3, 0.4) is 0 Å². The van der Waals surface area contributed by atoms with Gasteiger partial charge in [0.1, 0.15) is 17.6 Å². The summed E-state index contributed by atoms with van der Waals surface area (Å²) in [6.07, 6.45) is 6.99. The number of carbonyl (C=O) groups is 1. The van der Waals surface area contributed by atoms with Gasteiger partial charge in [0.05, 0.1) is 19.8 Å². The molecule has 3 aliphatic rings. The Morgan fingerprint density at radius 1 is 0.973 bits per heavy atom. The molecule has 2 saturated heterocycles. The molecule has 6 rings (SSSR count). The van der Waals surface area contributed by atoms with E-state index in [0.717, 1.165) is 85.6 Å². The van der Waals surface area contributed by atoms with Gasteiger partial charge in [-0.25, -0.2) is 0 Å². The molecule has 1 atom stereocenters. The molecule has 8 nitrogen and oxygen atoms in total. The van der Waals surface area contributed by atoms with E-state index in [9.17, 15) is 9.70 Å². The average molecular weight is 501 g/mol. The number of likely N-dealkylation sites (tertiary alicyclic amines) is 1. The lowest BCUT2D eigenvalue weighted by Crippen LogP contribution is -2.46. The Labute approximate surface area is 216 Å². The van der Waals surface area contributed by atoms with Gasteiger partial charge in [0.2, 0.25) is 5.91 Å². The van der Waals surface area contributed by atoms with Crippen LogP contribution in [0.5, 0.6) is 0 Å². The predicted octanol–water partition coefficient (Wildman–Crippen LogP) is 4.80. The molecule has 2 fully saturated rings. The van der Waals surface area contributed by atoms with Crippen LogP contribution in [0, 0.1) is 4.91 Å². The molecule has 0 spiro atoms. The second-order valence-corrected chi connectivity index (χ2v) is 10.2. The van der Waals surface area contributed by atoms with Crippen molar-refractivity contribution < 1.29 is 13.9 Å². The molecule has 37 heavy (non-hydrogen) atoms. The highest BCUT2D eigenvalue weighted by atomic mass is 16.5. The number of furan rings is 1. The summed E-state index contributed by atoms with van der Waals surface area (Å²) in [6.45, 7) is 5.02. The van der Waals surface area contributed by atoms with Gasteiger partial charge in [0.25, 0.3) is 0 Å². The smallest absolute Gasteiger partial charge is 0.236 e. The monoisotopic (exact) mass is 500 g/mol. The van der Waals surface area contributed by atoms with Crippen LogP contribution in [0.1, 0.15) is 48.1 Å². The topological polar surface area (TPSA) is 88.2 Å². The van der Waals surface area contributed by atoms with Crippen LogP contribution in [0.15, 0.2) is 58.4 Å². The molecule has 4 heterocycles. The molecule has 3 aromatic rings. The zero-order valence-corrected chi connectivity index (χ0v) is 21.0. The van der Waals surface area contributed by atoms with Gasteiger partial charge in [-0.15, -0.1) is 0 Å². The summed E-state index contributed by atoms with van der Waals surface area (Å²) in [7, 11) is 0. The number of amides is 1. The summed E-state index contributed by atoms with van der Waals surface area (Å²) in [6, 6.07) is 12.2. The van der Waals surface area contributed by atoms with E-state index in [1.165, 1.54) is 5.56 Å². The van der Waals surface area contributed by atoms with E-state index in [1.807, 2.05) is 29.2 Å². The second-order valence-electron chi connectivity index (χ2n) is 10.2. The number of rotatable bonds is 6. The highest BCUT2D eigenvalue weighted by Gasteiger charge is 2.29. The number of ether oxygens (including phenoxy) is 1. The SMILES string of the molecule is O=NC1CCc2cc(-c3oc(C4CCN(C(=O)CN5CCOCC5)CC4)cc3-c3ccncc3)ccc21. The standard InChI is InChI=1S/C29H32N4O4/c34-28(19-32-13-15-36-16-14-32)33-11-7-21(8-12-33)27-18-25(20-5-9-30-10-6-20)29(37-27)23-1-3-24-22(17-23)2-4-26(24)31-35/h1,3,5-6,9-10,17-18,21,26H,2,4,7-8,11-16,19H2. The molecule has 2 aromatic heterocycles. The summed E-state index contributed by atoms with van der Waals surface area (Å²) >= 11 is 0. The third-order valence-electron chi connectivity index (χ3n) is 8.03. The van der Waals surface area contributed by atoms with Crippen molar-refractivity contribution in [3.8, 4) is 22.5 Å². The van der Waals surface area contributed by atoms with Crippen molar-refractivity contribution in [2.24, 2.45) is 5.18 Å². The van der Waals surface area contributed by atoms with Crippen molar-refractivity contribution in [3.63, 3.8) is 0 Å². The minimum Gasteiger partial charge on any atom is -0.460 e. The molecule has 1 amide bonds. The van der Waals surface area contributed by atoms with Crippen molar-refractivity contribution in [3.05, 3.63) is 70.6 Å². The van der Waals surface area contributed by atoms with Gasteiger partial charge in [-0.2, -0.15) is 4.91 Å². The van der Waals surface area contributed by atoms with E-state index in [2.05, 4.69) is 27.2 Å². The number of hydrogen-bond donors (Lipinski definition) is 0. The quantitative estimate of drug-likeness (QED) is 0.452. The average Bonchev–Trinajstić information content (AvgIpc) is 3.58. The first-order valence-electron chi connectivity index (χ1n) is 13.3. The van der Waals surface area contributed by atoms with E-state index in [4.69, 9.17) is 9.15 Å². The molecule has 192 valence electrons. The van der Waals surface area contributed by atoms with Crippen molar-refractivity contribution >= 4 is 5.91 Å². The summed E-state index contributed by atoms with van der Waals surface area (Å²) in [5.74, 6) is 2.28. The predicted molar refractivity (Wildman–Crippen MR) is 140 cm³/mol. The van der Waals surface area contributed by atoms with Gasteiger partial charge >= 0.3 is 0 Å². The number of pyridine rings is 1. The van der Waals surface area contributed by atoms with Crippen LogP contribution in [-0.4, -0.2) is 66.6 Å². The van der Waals surface area contributed by atoms with Crippen LogP contribution < -0.4 is 0 Å². The number of aromatic nitrogens is 1. The Morgan fingerprint density at radius 3 is 2.51 bits per heavy atom. The van der Waals surface area contributed by atoms with Crippen LogP contribution in [-0.2, 0) is 16.0 Å². The Kier molecular flexibility index (Phi) is 6.85. The van der Waals surface area contributed by atoms with E-state index in [0.29, 0.717) is 19.8 Å². The lowest BCUT2D eigenvalue weighted by molar-refractivity contribution is -0.134. The molecule has 1 aliphatic carbocycles. The largest absolute Gasteiger partial charge is 0.460 e. The fourth-order valence-corrected chi connectivity index (χ4v) is 5.88. The maximum absolute atomic E-state index is 12.9. The van der Waals surface area contributed by atoms with Crippen LogP contribution >= 0.6 is 0 Å². The van der Waals surface area contributed by atoms with Gasteiger partial charge in [0.15, 0.2) is 0 Å². The van der Waals surface area contributed by atoms with Gasteiger partial charge in [-0.05, 0) is 66.6 Å². The van der Waals surface area contributed by atoms with Crippen LogP contribution in [0.4, 0.5) is 0 Å². The van der Waals surface area contributed by atoms with E-state index >= 15 is 0 Å². The molecule has 0 radical (unpaired) electrons. The number of benzene rings is 1. The van der Waals surface area contributed by atoms with Crippen molar-refractivity contribution in [2.45, 2.75) is 37.6 Å². The summed E-state index contributed by atoms with van der Waals surface area (Å²) < 4.78 is 12.0. The number of carbonyl (C=O) groups excluding carboxylic acids is 1. The highest BCUT2D eigenvalue weighted by molar-refractivity contribution is 5.81. The zero-order valence-electron chi connectivity index (χ0n) is 21.0. The minimum absolute atomic E-state index is 0.208. The van der Waals surface area contributed by atoms with Crippen molar-refractivity contribution in [1.29, 1.82) is 0 Å². The molecule has 1 unspecified atom stereocenters. The first-order chi connectivity index (χ1) is 18.2. The Balaban J connectivity index is 1.22. The lowest BCUT2D eigenvalue weighted by Gasteiger charge is -2.33. The van der Waals surface area contributed by atoms with Crippen molar-refractivity contribution in [2.75, 3.05) is 45.9 Å². The maximum atomic E-state index is 12.9. The Morgan fingerprint density at radius 2 is 1.76 bits per heavy atom. The van der Waals surface area contributed by atoms with Gasteiger partial charge < -0.3 is 14.1 Å². The number of aryl methyl sites for hydroxylation is 1. The number of fused-ring (bicyclic) bond motifs is 1. The molecule has 0 saturated carbocycles. The molecular formula is C29H32N4O4. The fraction of sp³-hybridized carbons (Fsp3) is 0.448. The zero-order chi connectivity index (χ0) is 25.2. The van der Waals surface area contributed by atoms with Gasteiger partial charge in [-0.1, -0.05) is 17.3 Å². The van der Waals surface area contributed by atoms with Crippen molar-refractivity contribution in [1.82, 2.24) is 14.8 Å². The van der Waals surface area contributed by atoms with Gasteiger partial charge in [-0.3, -0.25) is 14.7 Å². The fourth-order valence-electron chi connectivity index (χ4n) is 5.88. The van der Waals surface area contributed by atoms with E-state index in [1.54, 1.807) is 12.4 Å². The van der Waals surface area contributed by atoms with Gasteiger partial charge in [0, 0.05) is 55.6 Å². The first kappa shape index (κ1) is 24.0. The molecule has 1 aromatic carbocycles. The first-order valence-corrected chi connectivity index (χ1v) is 13.3. The van der Waals surface area contributed by atoms with E-state index < -0.39 is 0 Å². The second kappa shape index (κ2) is 10.6. The number of piperidine rings is 1. The molecule has 0 bridgehead atoms. The Hall–Kier alpha value is -3.36. The lowest BCUT2D eigenvalue weighted by atomic mass is 9.93. The maximum Gasteiger partial charge on any atom is 0.236 e. The summed E-state index contributed by atoms with van der Waals surface area (Å²) in [5, 5.41) is 3.30. The molecular weight excluding hydrogens is 468 g/mol.